The molecule has 1 aliphatic heterocycles. The highest BCUT2D eigenvalue weighted by Gasteiger charge is 2.23. The molecule has 0 radical (unpaired) electrons. The molecule has 7 heteroatoms. The van der Waals surface area contributed by atoms with Crippen LogP contribution >= 0.6 is 0 Å². The van der Waals surface area contributed by atoms with Gasteiger partial charge in [0.15, 0.2) is 0 Å². The van der Waals surface area contributed by atoms with E-state index in [1.165, 1.54) is 4.31 Å². The first-order valence-corrected chi connectivity index (χ1v) is 5.41. The maximum absolute atomic E-state index is 10.9. The van der Waals surface area contributed by atoms with Gasteiger partial charge in [0, 0.05) is 26.2 Å². The van der Waals surface area contributed by atoms with Gasteiger partial charge in [0.25, 0.3) is 10.2 Å². The lowest BCUT2D eigenvalue weighted by Crippen LogP contribution is -2.50. The van der Waals surface area contributed by atoms with Crippen LogP contribution in [0.1, 0.15) is 0 Å². The Kier molecular flexibility index (Phi) is 3.22. The van der Waals surface area contributed by atoms with Crippen LogP contribution in [0, 0.1) is 11.3 Å². The van der Waals surface area contributed by atoms with Gasteiger partial charge in [-0.1, -0.05) is 0 Å². The zero-order chi connectivity index (χ0) is 9.90. The molecule has 0 unspecified atom stereocenters. The highest BCUT2D eigenvalue weighted by atomic mass is 32.2. The van der Waals surface area contributed by atoms with Crippen LogP contribution in [0.4, 0.5) is 0 Å². The van der Waals surface area contributed by atoms with Crippen molar-refractivity contribution in [2.75, 3.05) is 32.7 Å². The van der Waals surface area contributed by atoms with E-state index in [0.29, 0.717) is 32.7 Å². The van der Waals surface area contributed by atoms with Crippen molar-refractivity contribution in [3.8, 4) is 6.07 Å². The Hall–Kier alpha value is -0.680. The zero-order valence-electron chi connectivity index (χ0n) is 7.18. The molecule has 2 N–H and O–H groups in total. The first-order chi connectivity index (χ1) is 6.04. The molecule has 0 bridgehead atoms. The topological polar surface area (TPSA) is 90.4 Å². The fourth-order valence-corrected chi connectivity index (χ4v) is 1.91. The van der Waals surface area contributed by atoms with Crippen molar-refractivity contribution in [3.05, 3.63) is 0 Å². The molecule has 13 heavy (non-hydrogen) atoms. The van der Waals surface area contributed by atoms with E-state index in [1.54, 1.807) is 0 Å². The van der Waals surface area contributed by atoms with Gasteiger partial charge in [-0.3, -0.25) is 4.90 Å². The number of hydrogen-bond donors (Lipinski definition) is 1. The van der Waals surface area contributed by atoms with Crippen LogP contribution in [-0.4, -0.2) is 50.3 Å². The molecule has 1 heterocycles. The van der Waals surface area contributed by atoms with Crippen molar-refractivity contribution in [2.45, 2.75) is 0 Å². The molecule has 1 rings (SSSR count). The molecule has 1 fully saturated rings. The molecule has 74 valence electrons. The molecule has 0 aromatic heterocycles. The Bertz CT molecular complexity index is 299. The van der Waals surface area contributed by atoms with E-state index in [9.17, 15) is 8.42 Å². The molecule has 0 atom stereocenters. The second-order valence-corrected chi connectivity index (χ2v) is 4.42. The lowest BCUT2D eigenvalue weighted by atomic mass is 10.4. The SMILES string of the molecule is N#CCN1CCN(S(N)(=O)=O)CC1. The smallest absolute Gasteiger partial charge is 0.276 e. The van der Waals surface area contributed by atoms with Gasteiger partial charge < -0.3 is 0 Å². The Morgan fingerprint density at radius 3 is 2.23 bits per heavy atom. The summed E-state index contributed by atoms with van der Waals surface area (Å²) in [7, 11) is -3.54. The van der Waals surface area contributed by atoms with E-state index in [-0.39, 0.29) is 0 Å². The van der Waals surface area contributed by atoms with Crippen LogP contribution in [0.15, 0.2) is 0 Å². The summed E-state index contributed by atoms with van der Waals surface area (Å²) in [5.41, 5.74) is 0. The molecule has 1 aliphatic rings. The minimum Gasteiger partial charge on any atom is -0.288 e. The lowest BCUT2D eigenvalue weighted by molar-refractivity contribution is 0.206. The Labute approximate surface area is 77.7 Å². The minimum atomic E-state index is -3.54. The van der Waals surface area contributed by atoms with Crippen molar-refractivity contribution in [3.63, 3.8) is 0 Å². The average molecular weight is 204 g/mol. The van der Waals surface area contributed by atoms with E-state index in [1.807, 2.05) is 11.0 Å². The Morgan fingerprint density at radius 2 is 1.85 bits per heavy atom. The summed E-state index contributed by atoms with van der Waals surface area (Å²) in [5.74, 6) is 0. The largest absolute Gasteiger partial charge is 0.288 e. The predicted molar refractivity (Wildman–Crippen MR) is 46.7 cm³/mol. The second-order valence-electron chi connectivity index (χ2n) is 2.88. The van der Waals surface area contributed by atoms with Crippen molar-refractivity contribution in [1.82, 2.24) is 9.21 Å². The summed E-state index contributed by atoms with van der Waals surface area (Å²) >= 11 is 0. The van der Waals surface area contributed by atoms with Gasteiger partial charge in [-0.25, -0.2) is 5.14 Å². The molecule has 0 saturated carbocycles. The second kappa shape index (κ2) is 4.02. The summed E-state index contributed by atoms with van der Waals surface area (Å²) in [6.45, 7) is 2.24. The van der Waals surface area contributed by atoms with E-state index < -0.39 is 10.2 Å². The number of nitriles is 1. The van der Waals surface area contributed by atoms with Gasteiger partial charge >= 0.3 is 0 Å². The number of hydrogen-bond acceptors (Lipinski definition) is 4. The van der Waals surface area contributed by atoms with E-state index in [0.717, 1.165) is 0 Å². The van der Waals surface area contributed by atoms with E-state index >= 15 is 0 Å². The maximum Gasteiger partial charge on any atom is 0.276 e. The first kappa shape index (κ1) is 10.4. The summed E-state index contributed by atoms with van der Waals surface area (Å²) in [5, 5.41) is 13.3. The maximum atomic E-state index is 10.9. The summed E-state index contributed by atoms with van der Waals surface area (Å²) in [6.07, 6.45) is 0. The molecular formula is C6H12N4O2S. The number of rotatable bonds is 2. The van der Waals surface area contributed by atoms with Gasteiger partial charge in [-0.05, 0) is 0 Å². The average Bonchev–Trinajstić information content (AvgIpc) is 2.04. The van der Waals surface area contributed by atoms with Gasteiger partial charge in [-0.15, -0.1) is 0 Å². The van der Waals surface area contributed by atoms with Gasteiger partial charge in [-0.2, -0.15) is 18.0 Å². The van der Waals surface area contributed by atoms with Crippen molar-refractivity contribution in [2.24, 2.45) is 5.14 Å². The normalized spacial score (nSPS) is 21.2. The molecule has 0 aromatic rings. The molecule has 6 nitrogen and oxygen atoms in total. The highest BCUT2D eigenvalue weighted by molar-refractivity contribution is 7.86. The number of nitrogens with zero attached hydrogens (tertiary/aromatic N) is 3. The van der Waals surface area contributed by atoms with Gasteiger partial charge in [0.05, 0.1) is 12.6 Å². The lowest BCUT2D eigenvalue weighted by Gasteiger charge is -2.31. The summed E-state index contributed by atoms with van der Waals surface area (Å²) < 4.78 is 23.0. The predicted octanol–water partition coefficient (Wildman–Crippen LogP) is -1.67. The molecule has 0 aliphatic carbocycles. The monoisotopic (exact) mass is 204 g/mol. The number of piperazine rings is 1. The fourth-order valence-electron chi connectivity index (χ4n) is 1.24. The standard InChI is InChI=1S/C6H12N4O2S/c7-1-2-9-3-5-10(6-4-9)13(8,11)12/h2-6H2,(H2,8,11,12). The van der Waals surface area contributed by atoms with Crippen LogP contribution in [0.2, 0.25) is 0 Å². The van der Waals surface area contributed by atoms with Gasteiger partial charge in [0.2, 0.25) is 0 Å². The van der Waals surface area contributed by atoms with Crippen LogP contribution in [0.5, 0.6) is 0 Å². The highest BCUT2D eigenvalue weighted by Crippen LogP contribution is 2.03. The van der Waals surface area contributed by atoms with Gasteiger partial charge in [0.1, 0.15) is 0 Å². The van der Waals surface area contributed by atoms with E-state index in [2.05, 4.69) is 0 Å². The molecule has 0 aromatic carbocycles. The Morgan fingerprint density at radius 1 is 1.31 bits per heavy atom. The quantitative estimate of drug-likeness (QED) is 0.544. The van der Waals surface area contributed by atoms with Crippen LogP contribution < -0.4 is 5.14 Å². The zero-order valence-corrected chi connectivity index (χ0v) is 8.00. The van der Waals surface area contributed by atoms with Crippen molar-refractivity contribution >= 4 is 10.2 Å². The van der Waals surface area contributed by atoms with Crippen LogP contribution in [0.3, 0.4) is 0 Å². The molecule has 1 saturated heterocycles. The first-order valence-electron chi connectivity index (χ1n) is 3.91. The molecule has 0 amide bonds. The van der Waals surface area contributed by atoms with Crippen LogP contribution in [-0.2, 0) is 10.2 Å². The third-order valence-electron chi connectivity index (χ3n) is 1.99. The molecule has 0 spiro atoms. The summed E-state index contributed by atoms with van der Waals surface area (Å²) in [4.78, 5) is 1.89. The third kappa shape index (κ3) is 2.93. The summed E-state index contributed by atoms with van der Waals surface area (Å²) in [6, 6.07) is 2.02. The third-order valence-corrected chi connectivity index (χ3v) is 3.07. The minimum absolute atomic E-state index is 0.346. The Balaban J connectivity index is 2.45. The van der Waals surface area contributed by atoms with Crippen molar-refractivity contribution < 1.29 is 8.42 Å². The number of nitrogens with two attached hydrogens (primary N) is 1. The van der Waals surface area contributed by atoms with E-state index in [4.69, 9.17) is 10.4 Å². The van der Waals surface area contributed by atoms with Crippen LogP contribution in [0.25, 0.3) is 0 Å². The molecular weight excluding hydrogens is 192 g/mol. The van der Waals surface area contributed by atoms with Crippen molar-refractivity contribution in [1.29, 1.82) is 5.26 Å². The fraction of sp³-hybridized carbons (Fsp3) is 0.833.